The van der Waals surface area contributed by atoms with Gasteiger partial charge in [0.05, 0.1) is 12.6 Å². The molecule has 2 aromatic rings. The summed E-state index contributed by atoms with van der Waals surface area (Å²) in [6, 6.07) is 17.0. The van der Waals surface area contributed by atoms with Crippen LogP contribution in [0.3, 0.4) is 0 Å². The molecule has 2 amide bonds. The summed E-state index contributed by atoms with van der Waals surface area (Å²) >= 11 is 0. The Labute approximate surface area is 153 Å². The standard InChI is InChI=1S/C21H23N3O2/c1-2-12-24(18-10-4-3-5-11-18)20(25)15-23-14-17-9-7-6-8-16(17)13-19(23)21(22)26/h2-11,19H,1,12-15H2,(H2,22,26)/t19-/m0/s1. The van der Waals surface area contributed by atoms with Crippen molar-refractivity contribution in [3.63, 3.8) is 0 Å². The molecule has 1 heterocycles. The van der Waals surface area contributed by atoms with Crippen LogP contribution >= 0.6 is 0 Å². The van der Waals surface area contributed by atoms with Gasteiger partial charge in [-0.05, 0) is 29.7 Å². The Morgan fingerprint density at radius 1 is 1.12 bits per heavy atom. The van der Waals surface area contributed by atoms with E-state index < -0.39 is 11.9 Å². The topological polar surface area (TPSA) is 66.6 Å². The molecular weight excluding hydrogens is 326 g/mol. The number of carbonyl (C=O) groups excluding carboxylic acids is 2. The van der Waals surface area contributed by atoms with Crippen LogP contribution in [0.4, 0.5) is 5.69 Å². The zero-order valence-corrected chi connectivity index (χ0v) is 14.7. The number of hydrogen-bond acceptors (Lipinski definition) is 3. The molecule has 0 spiro atoms. The molecule has 0 radical (unpaired) electrons. The molecule has 26 heavy (non-hydrogen) atoms. The first-order valence-corrected chi connectivity index (χ1v) is 8.66. The maximum atomic E-state index is 13.0. The molecule has 1 aliphatic heterocycles. The summed E-state index contributed by atoms with van der Waals surface area (Å²) < 4.78 is 0. The molecular formula is C21H23N3O2. The molecule has 3 rings (SSSR count). The number of carbonyl (C=O) groups is 2. The first-order valence-electron chi connectivity index (χ1n) is 8.66. The lowest BCUT2D eigenvalue weighted by molar-refractivity contribution is -0.126. The smallest absolute Gasteiger partial charge is 0.241 e. The van der Waals surface area contributed by atoms with E-state index in [4.69, 9.17) is 5.73 Å². The molecule has 0 unspecified atom stereocenters. The Kier molecular flexibility index (Phi) is 5.49. The van der Waals surface area contributed by atoms with Gasteiger partial charge in [0.25, 0.3) is 0 Å². The van der Waals surface area contributed by atoms with E-state index >= 15 is 0 Å². The highest BCUT2D eigenvalue weighted by Gasteiger charge is 2.32. The minimum Gasteiger partial charge on any atom is -0.368 e. The number of nitrogens with two attached hydrogens (primary N) is 1. The van der Waals surface area contributed by atoms with Gasteiger partial charge in [-0.25, -0.2) is 0 Å². The van der Waals surface area contributed by atoms with E-state index in [9.17, 15) is 9.59 Å². The summed E-state index contributed by atoms with van der Waals surface area (Å²) in [5, 5.41) is 0. The van der Waals surface area contributed by atoms with Crippen LogP contribution in [0.1, 0.15) is 11.1 Å². The average Bonchev–Trinajstić information content (AvgIpc) is 2.66. The lowest BCUT2D eigenvalue weighted by atomic mass is 9.93. The maximum absolute atomic E-state index is 13.0. The van der Waals surface area contributed by atoms with E-state index in [2.05, 4.69) is 6.58 Å². The number of para-hydroxylation sites is 1. The number of primary amides is 1. The third kappa shape index (κ3) is 3.83. The van der Waals surface area contributed by atoms with Gasteiger partial charge >= 0.3 is 0 Å². The summed E-state index contributed by atoms with van der Waals surface area (Å²) in [6.45, 7) is 4.82. The van der Waals surface area contributed by atoms with Crippen molar-refractivity contribution in [3.8, 4) is 0 Å². The fourth-order valence-corrected chi connectivity index (χ4v) is 3.37. The van der Waals surface area contributed by atoms with Gasteiger partial charge in [-0.3, -0.25) is 14.5 Å². The van der Waals surface area contributed by atoms with E-state index in [0.717, 1.165) is 16.8 Å². The second kappa shape index (κ2) is 7.97. The Morgan fingerprint density at radius 3 is 2.42 bits per heavy atom. The van der Waals surface area contributed by atoms with Crippen molar-refractivity contribution in [2.24, 2.45) is 5.73 Å². The SMILES string of the molecule is C=CCN(C(=O)CN1Cc2ccccc2C[C@H]1C(N)=O)c1ccccc1. The second-order valence-electron chi connectivity index (χ2n) is 6.42. The van der Waals surface area contributed by atoms with E-state index in [1.165, 1.54) is 0 Å². The van der Waals surface area contributed by atoms with Crippen LogP contribution in [0, 0.1) is 0 Å². The summed E-state index contributed by atoms with van der Waals surface area (Å²) in [7, 11) is 0. The molecule has 0 fully saturated rings. The number of fused-ring (bicyclic) bond motifs is 1. The lowest BCUT2D eigenvalue weighted by Crippen LogP contribution is -2.52. The van der Waals surface area contributed by atoms with Crippen LogP contribution in [0.5, 0.6) is 0 Å². The molecule has 1 aliphatic rings. The molecule has 1 atom stereocenters. The number of anilines is 1. The van der Waals surface area contributed by atoms with Crippen LogP contribution in [0.25, 0.3) is 0 Å². The number of benzene rings is 2. The Hall–Kier alpha value is -2.92. The fourth-order valence-electron chi connectivity index (χ4n) is 3.37. The third-order valence-electron chi connectivity index (χ3n) is 4.69. The number of amides is 2. The summed E-state index contributed by atoms with van der Waals surface area (Å²) in [5.41, 5.74) is 8.67. The van der Waals surface area contributed by atoms with Crippen LogP contribution in [-0.2, 0) is 22.6 Å². The van der Waals surface area contributed by atoms with E-state index in [1.54, 1.807) is 11.0 Å². The van der Waals surface area contributed by atoms with Crippen molar-refractivity contribution >= 4 is 17.5 Å². The molecule has 2 N–H and O–H groups in total. The highest BCUT2D eigenvalue weighted by atomic mass is 16.2. The molecule has 0 aliphatic carbocycles. The molecule has 5 heteroatoms. The Morgan fingerprint density at radius 2 is 1.77 bits per heavy atom. The van der Waals surface area contributed by atoms with Gasteiger partial charge in [0.2, 0.25) is 11.8 Å². The average molecular weight is 349 g/mol. The van der Waals surface area contributed by atoms with Crippen molar-refractivity contribution < 1.29 is 9.59 Å². The van der Waals surface area contributed by atoms with Crippen molar-refractivity contribution in [2.75, 3.05) is 18.0 Å². The second-order valence-corrected chi connectivity index (χ2v) is 6.42. The normalized spacial score (nSPS) is 16.5. The first kappa shape index (κ1) is 17.9. The lowest BCUT2D eigenvalue weighted by Gasteiger charge is -2.35. The van der Waals surface area contributed by atoms with Crippen LogP contribution in [0.2, 0.25) is 0 Å². The highest BCUT2D eigenvalue weighted by Crippen LogP contribution is 2.24. The monoisotopic (exact) mass is 349 g/mol. The molecule has 0 bridgehead atoms. The minimum absolute atomic E-state index is 0.0817. The molecule has 134 valence electrons. The zero-order chi connectivity index (χ0) is 18.5. The van der Waals surface area contributed by atoms with E-state index in [0.29, 0.717) is 19.5 Å². The van der Waals surface area contributed by atoms with Gasteiger partial charge in [0.15, 0.2) is 0 Å². The Bertz CT molecular complexity index is 804. The predicted octanol–water partition coefficient (Wildman–Crippen LogP) is 2.12. The third-order valence-corrected chi connectivity index (χ3v) is 4.69. The summed E-state index contributed by atoms with van der Waals surface area (Å²) in [5.74, 6) is -0.482. The van der Waals surface area contributed by atoms with Gasteiger partial charge in [-0.15, -0.1) is 6.58 Å². The van der Waals surface area contributed by atoms with Crippen LogP contribution in [0.15, 0.2) is 67.3 Å². The zero-order valence-electron chi connectivity index (χ0n) is 14.7. The van der Waals surface area contributed by atoms with Crippen molar-refractivity contribution in [1.82, 2.24) is 4.90 Å². The van der Waals surface area contributed by atoms with Crippen molar-refractivity contribution in [2.45, 2.75) is 19.0 Å². The van der Waals surface area contributed by atoms with Crippen LogP contribution in [-0.4, -0.2) is 35.8 Å². The number of nitrogens with zero attached hydrogens (tertiary/aromatic N) is 2. The van der Waals surface area contributed by atoms with Crippen molar-refractivity contribution in [1.29, 1.82) is 0 Å². The molecule has 2 aromatic carbocycles. The molecule has 0 aromatic heterocycles. The predicted molar refractivity (Wildman–Crippen MR) is 103 cm³/mol. The van der Waals surface area contributed by atoms with Gasteiger partial charge in [-0.1, -0.05) is 48.5 Å². The molecule has 5 nitrogen and oxygen atoms in total. The van der Waals surface area contributed by atoms with Crippen molar-refractivity contribution in [3.05, 3.63) is 78.4 Å². The van der Waals surface area contributed by atoms with Gasteiger partial charge in [-0.2, -0.15) is 0 Å². The fraction of sp³-hybridized carbons (Fsp3) is 0.238. The largest absolute Gasteiger partial charge is 0.368 e. The number of rotatable bonds is 6. The van der Waals surface area contributed by atoms with Crippen LogP contribution < -0.4 is 10.6 Å². The number of hydrogen-bond donors (Lipinski definition) is 1. The van der Waals surface area contributed by atoms with E-state index in [-0.39, 0.29) is 12.5 Å². The minimum atomic E-state index is -0.477. The molecule has 0 saturated heterocycles. The van der Waals surface area contributed by atoms with Gasteiger partial charge in [0.1, 0.15) is 0 Å². The summed E-state index contributed by atoms with van der Waals surface area (Å²) in [4.78, 5) is 28.5. The first-order chi connectivity index (χ1) is 12.6. The quantitative estimate of drug-likeness (QED) is 0.813. The highest BCUT2D eigenvalue weighted by molar-refractivity contribution is 5.95. The van der Waals surface area contributed by atoms with Gasteiger partial charge < -0.3 is 10.6 Å². The molecule has 0 saturated carbocycles. The van der Waals surface area contributed by atoms with Gasteiger partial charge in [0, 0.05) is 18.8 Å². The Balaban J connectivity index is 1.82. The van der Waals surface area contributed by atoms with E-state index in [1.807, 2.05) is 59.5 Å². The summed E-state index contributed by atoms with van der Waals surface area (Å²) in [6.07, 6.45) is 2.23. The maximum Gasteiger partial charge on any atom is 0.241 e.